The number of hydrogen-bond acceptors (Lipinski definition) is 7. The zero-order valence-corrected chi connectivity index (χ0v) is 20.7. The van der Waals surface area contributed by atoms with Crippen LogP contribution in [0.25, 0.3) is 16.6 Å². The van der Waals surface area contributed by atoms with Crippen LogP contribution in [0.15, 0.2) is 23.0 Å². The van der Waals surface area contributed by atoms with Gasteiger partial charge in [-0.2, -0.15) is 0 Å². The molecule has 0 radical (unpaired) electrons. The van der Waals surface area contributed by atoms with Crippen LogP contribution in [0.1, 0.15) is 40.8 Å². The van der Waals surface area contributed by atoms with E-state index in [1.807, 2.05) is 13.8 Å². The largest absolute Gasteiger partial charge is 0.450 e. The average molecular weight is 504 g/mol. The molecular weight excluding hydrogens is 478 g/mol. The summed E-state index contributed by atoms with van der Waals surface area (Å²) in [6.45, 7) is 7.25. The Labute approximate surface area is 204 Å². The molecule has 2 N–H and O–H groups in total. The first-order chi connectivity index (χ1) is 16.2. The van der Waals surface area contributed by atoms with Crippen molar-refractivity contribution < 1.29 is 19.1 Å². The van der Waals surface area contributed by atoms with Crippen molar-refractivity contribution in [2.45, 2.75) is 26.8 Å². The second-order valence-electron chi connectivity index (χ2n) is 8.17. The lowest BCUT2D eigenvalue weighted by atomic mass is 10.1. The van der Waals surface area contributed by atoms with E-state index in [2.05, 4.69) is 10.3 Å². The molecule has 3 aromatic rings. The quantitative estimate of drug-likeness (QED) is 0.529. The number of H-pyrrole nitrogens is 1. The Bertz CT molecular complexity index is 1400. The number of piperazine rings is 1. The van der Waals surface area contributed by atoms with E-state index in [0.717, 1.165) is 11.3 Å². The number of fused-ring (bicyclic) bond motifs is 3. The predicted molar refractivity (Wildman–Crippen MR) is 131 cm³/mol. The first-order valence-electron chi connectivity index (χ1n) is 10.9. The number of amides is 3. The number of rotatable bonds is 4. The maximum atomic E-state index is 13.2. The second-order valence-corrected chi connectivity index (χ2v) is 9.82. The van der Waals surface area contributed by atoms with Crippen LogP contribution in [0.3, 0.4) is 0 Å². The molecule has 0 bridgehead atoms. The minimum atomic E-state index is -0.383. The van der Waals surface area contributed by atoms with E-state index in [0.29, 0.717) is 63.7 Å². The molecule has 34 heavy (non-hydrogen) atoms. The zero-order valence-electron chi connectivity index (χ0n) is 19.0. The molecule has 4 rings (SSSR count). The fraction of sp³-hybridized carbons (Fsp3) is 0.409. The summed E-state index contributed by atoms with van der Waals surface area (Å²) in [6.07, 6.45) is -0.383. The van der Waals surface area contributed by atoms with Crippen LogP contribution in [0, 0.1) is 3.95 Å². The number of carbonyl (C=O) groups excluding carboxylic acids is 3. The molecule has 12 heteroatoms. The van der Waals surface area contributed by atoms with Crippen LogP contribution >= 0.6 is 23.6 Å². The molecule has 10 nitrogen and oxygen atoms in total. The predicted octanol–water partition coefficient (Wildman–Crippen LogP) is 2.62. The Balaban J connectivity index is 1.69. The molecule has 0 unspecified atom stereocenters. The van der Waals surface area contributed by atoms with Gasteiger partial charge >= 0.3 is 6.09 Å². The number of ether oxygens (including phenoxy) is 1. The molecule has 0 atom stereocenters. The van der Waals surface area contributed by atoms with Crippen molar-refractivity contribution in [2.75, 3.05) is 32.8 Å². The molecule has 0 aliphatic carbocycles. The number of nitrogens with one attached hydrogen (secondary N) is 2. The molecule has 1 aliphatic rings. The van der Waals surface area contributed by atoms with Crippen LogP contribution in [0.5, 0.6) is 0 Å². The molecule has 1 aliphatic heterocycles. The van der Waals surface area contributed by atoms with E-state index in [-0.39, 0.29) is 29.5 Å². The topological polar surface area (TPSA) is 116 Å². The zero-order chi connectivity index (χ0) is 24.6. The summed E-state index contributed by atoms with van der Waals surface area (Å²) in [5, 5.41) is 3.18. The third kappa shape index (κ3) is 4.42. The molecule has 1 aromatic carbocycles. The number of benzene rings is 1. The van der Waals surface area contributed by atoms with Crippen LogP contribution in [-0.2, 0) is 4.74 Å². The van der Waals surface area contributed by atoms with E-state index in [9.17, 15) is 19.2 Å². The highest BCUT2D eigenvalue weighted by molar-refractivity contribution is 7.73. The number of carbonyl (C=O) groups is 3. The number of thiazole rings is 1. The highest BCUT2D eigenvalue weighted by atomic mass is 32.1. The Morgan fingerprint density at radius 2 is 1.85 bits per heavy atom. The van der Waals surface area contributed by atoms with Gasteiger partial charge in [-0.25, -0.2) is 4.79 Å². The Morgan fingerprint density at radius 3 is 2.50 bits per heavy atom. The molecular formula is C22H25N5O5S2. The molecule has 3 amide bonds. The van der Waals surface area contributed by atoms with Gasteiger partial charge in [-0.15, -0.1) is 0 Å². The van der Waals surface area contributed by atoms with Crippen molar-refractivity contribution in [2.24, 2.45) is 0 Å². The van der Waals surface area contributed by atoms with Gasteiger partial charge in [0.25, 0.3) is 17.4 Å². The van der Waals surface area contributed by atoms with Gasteiger partial charge in [-0.1, -0.05) is 11.3 Å². The highest BCUT2D eigenvalue weighted by Gasteiger charge is 2.26. The van der Waals surface area contributed by atoms with Gasteiger partial charge in [0.05, 0.1) is 17.5 Å². The van der Waals surface area contributed by atoms with Crippen LogP contribution < -0.4 is 10.9 Å². The van der Waals surface area contributed by atoms with Crippen LogP contribution in [0.2, 0.25) is 0 Å². The van der Waals surface area contributed by atoms with Gasteiger partial charge in [0.2, 0.25) is 0 Å². The van der Waals surface area contributed by atoms with Crippen molar-refractivity contribution in [1.82, 2.24) is 24.5 Å². The van der Waals surface area contributed by atoms with Gasteiger partial charge in [0, 0.05) is 37.8 Å². The third-order valence-corrected chi connectivity index (χ3v) is 6.86. The van der Waals surface area contributed by atoms with Crippen molar-refractivity contribution in [3.8, 4) is 0 Å². The molecule has 1 fully saturated rings. The smallest absolute Gasteiger partial charge is 0.409 e. The van der Waals surface area contributed by atoms with E-state index >= 15 is 0 Å². The first-order valence-corrected chi connectivity index (χ1v) is 12.2. The summed E-state index contributed by atoms with van der Waals surface area (Å²) in [4.78, 5) is 56.8. The molecule has 3 heterocycles. The highest BCUT2D eigenvalue weighted by Crippen LogP contribution is 2.24. The van der Waals surface area contributed by atoms with E-state index in [4.69, 9.17) is 17.0 Å². The van der Waals surface area contributed by atoms with Gasteiger partial charge in [0.15, 0.2) is 3.95 Å². The lowest BCUT2D eigenvalue weighted by Gasteiger charge is -2.34. The van der Waals surface area contributed by atoms with Crippen molar-refractivity contribution in [3.05, 3.63) is 42.9 Å². The Hall–Kier alpha value is -3.25. The van der Waals surface area contributed by atoms with E-state index in [1.165, 1.54) is 0 Å². The Kier molecular flexibility index (Phi) is 6.71. The van der Waals surface area contributed by atoms with Crippen LogP contribution in [-0.4, -0.2) is 75.9 Å². The number of nitrogens with zero attached hydrogens (tertiary/aromatic N) is 3. The number of aromatic amines is 1. The lowest BCUT2D eigenvalue weighted by Crippen LogP contribution is -2.50. The van der Waals surface area contributed by atoms with E-state index < -0.39 is 0 Å². The fourth-order valence-corrected chi connectivity index (χ4v) is 5.18. The molecule has 2 aromatic heterocycles. The van der Waals surface area contributed by atoms with Crippen molar-refractivity contribution in [3.63, 3.8) is 0 Å². The summed E-state index contributed by atoms with van der Waals surface area (Å²) in [7, 11) is 0. The normalized spacial score (nSPS) is 14.1. The van der Waals surface area contributed by atoms with Crippen LogP contribution in [0.4, 0.5) is 4.79 Å². The second kappa shape index (κ2) is 9.55. The lowest BCUT2D eigenvalue weighted by molar-refractivity contribution is 0.0570. The van der Waals surface area contributed by atoms with Gasteiger partial charge < -0.3 is 24.8 Å². The molecule has 1 saturated heterocycles. The first kappa shape index (κ1) is 23.9. The van der Waals surface area contributed by atoms with Crippen molar-refractivity contribution in [1.29, 1.82) is 0 Å². The maximum Gasteiger partial charge on any atom is 0.409 e. The summed E-state index contributed by atoms with van der Waals surface area (Å²) in [5.74, 6) is -0.534. The maximum absolute atomic E-state index is 13.2. The molecule has 0 saturated carbocycles. The monoisotopic (exact) mass is 503 g/mol. The minimum Gasteiger partial charge on any atom is -0.450 e. The summed E-state index contributed by atoms with van der Waals surface area (Å²) < 4.78 is 7.04. The summed E-state index contributed by atoms with van der Waals surface area (Å²) in [6, 6.07) is 4.74. The van der Waals surface area contributed by atoms with Gasteiger partial charge in [-0.3, -0.25) is 18.8 Å². The summed E-state index contributed by atoms with van der Waals surface area (Å²) in [5.41, 5.74) is 0.784. The SMILES string of the molecule is CCOC(=O)N1CCN(C(=O)c2ccc3c(=O)[nH]c4c(C(=O)NC(C)C)sc(=S)n4c3c2)CC1. The average Bonchev–Trinajstić information content (AvgIpc) is 3.14. The summed E-state index contributed by atoms with van der Waals surface area (Å²) >= 11 is 6.61. The Morgan fingerprint density at radius 1 is 1.18 bits per heavy atom. The number of hydrogen-bond donors (Lipinski definition) is 2. The fourth-order valence-electron chi connectivity index (χ4n) is 3.89. The minimum absolute atomic E-state index is 0.0797. The van der Waals surface area contributed by atoms with E-state index in [1.54, 1.807) is 39.3 Å². The standard InChI is InChI=1S/C22H25N5O5S2/c1-4-32-21(31)26-9-7-25(8-10-26)20(30)13-5-6-14-15(11-13)27-17(24-18(14)28)16(34-22(27)33)19(29)23-12(2)3/h5-6,11-12H,4,7-10H2,1-3H3,(H,23,29)(H,24,28). The molecule has 0 spiro atoms. The molecule has 180 valence electrons. The van der Waals surface area contributed by atoms with Crippen molar-refractivity contribution >= 4 is 58.0 Å². The van der Waals surface area contributed by atoms with Gasteiger partial charge in [-0.05, 0) is 51.2 Å². The third-order valence-electron chi connectivity index (χ3n) is 5.49. The van der Waals surface area contributed by atoms with Gasteiger partial charge in [0.1, 0.15) is 10.5 Å². The number of aromatic nitrogens is 2.